The monoisotopic (exact) mass is 446 g/mol. The minimum Gasteiger partial charge on any atom is -0.373 e. The third-order valence-electron chi connectivity index (χ3n) is 6.95. The molecule has 1 atom stereocenters. The van der Waals surface area contributed by atoms with Gasteiger partial charge in [0.15, 0.2) is 0 Å². The van der Waals surface area contributed by atoms with Crippen LogP contribution < -0.4 is 5.32 Å². The Kier molecular flexibility index (Phi) is 5.74. The van der Waals surface area contributed by atoms with Crippen LogP contribution in [-0.2, 0) is 29.0 Å². The molecule has 1 aromatic carbocycles. The van der Waals surface area contributed by atoms with Gasteiger partial charge >= 0.3 is 0 Å². The number of nitrogens with zero attached hydrogens (tertiary/aromatic N) is 4. The van der Waals surface area contributed by atoms with Gasteiger partial charge in [0.1, 0.15) is 11.6 Å². The Labute approximate surface area is 193 Å². The smallest absolute Gasteiger partial charge is 0.223 e. The Bertz CT molecular complexity index is 1190. The molecule has 5 rings (SSSR count). The van der Waals surface area contributed by atoms with Gasteiger partial charge in [-0.1, -0.05) is 18.2 Å². The fourth-order valence-corrected chi connectivity index (χ4v) is 5.03. The zero-order valence-corrected chi connectivity index (χ0v) is 19.2. The Balaban J connectivity index is 1.28. The minimum atomic E-state index is 0.103. The van der Waals surface area contributed by atoms with E-state index in [-0.39, 0.29) is 17.7 Å². The quantitative estimate of drug-likeness (QED) is 0.629. The van der Waals surface area contributed by atoms with E-state index in [1.807, 2.05) is 35.2 Å². The first kappa shape index (κ1) is 21.4. The highest BCUT2D eigenvalue weighted by atomic mass is 16.2. The van der Waals surface area contributed by atoms with E-state index < -0.39 is 0 Å². The van der Waals surface area contributed by atoms with Crippen LogP contribution in [0.5, 0.6) is 0 Å². The second kappa shape index (κ2) is 8.84. The zero-order valence-electron chi connectivity index (χ0n) is 19.2. The molecule has 33 heavy (non-hydrogen) atoms. The third kappa shape index (κ3) is 4.17. The Hall–Kier alpha value is -3.42. The van der Waals surface area contributed by atoms with Gasteiger partial charge in [-0.25, -0.2) is 9.97 Å². The maximum Gasteiger partial charge on any atom is 0.223 e. The number of amides is 2. The zero-order chi connectivity index (χ0) is 22.9. The third-order valence-corrected chi connectivity index (χ3v) is 6.95. The van der Waals surface area contributed by atoms with Crippen LogP contribution in [0, 0.1) is 0 Å². The van der Waals surface area contributed by atoms with Gasteiger partial charge in [-0.05, 0) is 24.5 Å². The number of carbonyl (C=O) groups is 2. The van der Waals surface area contributed by atoms with Crippen molar-refractivity contribution in [2.24, 2.45) is 0 Å². The topological polar surface area (TPSA) is 94.2 Å². The summed E-state index contributed by atoms with van der Waals surface area (Å²) in [5.74, 6) is 2.03. The van der Waals surface area contributed by atoms with Gasteiger partial charge in [-0.3, -0.25) is 9.59 Å². The van der Waals surface area contributed by atoms with E-state index in [0.717, 1.165) is 54.2 Å². The molecule has 0 spiro atoms. The SMILES string of the molecule is CNc1nc([C@H]2CCN(C(C)=O)C2)nc2c1CN(C(=O)CCc1c[nH]c3ccccc13)CC2. The van der Waals surface area contributed by atoms with E-state index in [4.69, 9.17) is 9.97 Å². The number of H-pyrrole nitrogens is 1. The van der Waals surface area contributed by atoms with Crippen LogP contribution in [0.1, 0.15) is 48.3 Å². The molecule has 1 saturated heterocycles. The first-order valence-corrected chi connectivity index (χ1v) is 11.7. The lowest BCUT2D eigenvalue weighted by Crippen LogP contribution is -2.37. The van der Waals surface area contributed by atoms with Crippen molar-refractivity contribution in [3.8, 4) is 0 Å². The molecule has 8 heteroatoms. The summed E-state index contributed by atoms with van der Waals surface area (Å²) in [7, 11) is 1.86. The van der Waals surface area contributed by atoms with Gasteiger partial charge in [0.2, 0.25) is 11.8 Å². The molecule has 2 N–H and O–H groups in total. The molecule has 0 unspecified atom stereocenters. The van der Waals surface area contributed by atoms with Gasteiger partial charge in [-0.15, -0.1) is 0 Å². The number of hydrogen-bond acceptors (Lipinski definition) is 5. The summed E-state index contributed by atoms with van der Waals surface area (Å²) in [6.07, 6.45) is 4.82. The fraction of sp³-hybridized carbons (Fsp3) is 0.440. The van der Waals surface area contributed by atoms with E-state index >= 15 is 0 Å². The molecular weight excluding hydrogens is 416 g/mol. The number of fused-ring (bicyclic) bond motifs is 2. The molecule has 3 aromatic rings. The van der Waals surface area contributed by atoms with Crippen molar-refractivity contribution in [3.05, 3.63) is 53.1 Å². The van der Waals surface area contributed by atoms with Gasteiger partial charge < -0.3 is 20.1 Å². The molecule has 0 bridgehead atoms. The lowest BCUT2D eigenvalue weighted by Gasteiger charge is -2.30. The predicted octanol–water partition coefficient (Wildman–Crippen LogP) is 2.85. The Morgan fingerprint density at radius 2 is 2.03 bits per heavy atom. The van der Waals surface area contributed by atoms with Crippen LogP contribution in [-0.4, -0.2) is 63.2 Å². The lowest BCUT2D eigenvalue weighted by atomic mass is 10.0. The molecule has 0 aliphatic carbocycles. The largest absolute Gasteiger partial charge is 0.373 e. The van der Waals surface area contributed by atoms with E-state index in [2.05, 4.69) is 22.4 Å². The van der Waals surface area contributed by atoms with E-state index in [1.54, 1.807) is 6.92 Å². The number of aryl methyl sites for hydroxylation is 1. The number of rotatable bonds is 5. The average molecular weight is 447 g/mol. The molecule has 4 heterocycles. The van der Waals surface area contributed by atoms with E-state index in [9.17, 15) is 9.59 Å². The van der Waals surface area contributed by atoms with Gasteiger partial charge in [0.05, 0.1) is 12.2 Å². The van der Waals surface area contributed by atoms with Crippen LogP contribution >= 0.6 is 0 Å². The van der Waals surface area contributed by atoms with Gasteiger partial charge in [-0.2, -0.15) is 0 Å². The Morgan fingerprint density at radius 1 is 1.18 bits per heavy atom. The first-order valence-electron chi connectivity index (χ1n) is 11.7. The summed E-state index contributed by atoms with van der Waals surface area (Å²) in [6.45, 7) is 4.25. The normalized spacial score (nSPS) is 17.9. The first-order chi connectivity index (χ1) is 16.0. The summed E-state index contributed by atoms with van der Waals surface area (Å²) in [4.78, 5) is 41.5. The highest BCUT2D eigenvalue weighted by molar-refractivity contribution is 5.84. The highest BCUT2D eigenvalue weighted by Gasteiger charge is 2.31. The standard InChI is InChI=1S/C25H30N6O2/c1-16(32)30-11-9-18(14-30)24-28-22-10-12-31(15-20(22)25(26-2)29-24)23(33)8-7-17-13-27-21-6-4-3-5-19(17)21/h3-6,13,18,27H,7-12,14-15H2,1-2H3,(H,26,28,29)/t18-/m0/s1. The van der Waals surface area contributed by atoms with E-state index in [1.165, 1.54) is 10.9 Å². The summed E-state index contributed by atoms with van der Waals surface area (Å²) in [5, 5.41) is 4.40. The molecule has 1 fully saturated rings. The van der Waals surface area contributed by atoms with Crippen LogP contribution in [0.4, 0.5) is 5.82 Å². The molecule has 2 amide bonds. The summed E-state index contributed by atoms with van der Waals surface area (Å²) < 4.78 is 0. The van der Waals surface area contributed by atoms with Crippen molar-refractivity contribution < 1.29 is 9.59 Å². The molecule has 2 aromatic heterocycles. The summed E-state index contributed by atoms with van der Waals surface area (Å²) in [6, 6.07) is 8.19. The molecule has 0 radical (unpaired) electrons. The molecular formula is C25H30N6O2. The van der Waals surface area contributed by atoms with Crippen molar-refractivity contribution in [1.29, 1.82) is 0 Å². The number of carbonyl (C=O) groups excluding carboxylic acids is 2. The van der Waals surface area contributed by atoms with Crippen LogP contribution in [0.3, 0.4) is 0 Å². The van der Waals surface area contributed by atoms with Crippen molar-refractivity contribution in [2.75, 3.05) is 32.0 Å². The lowest BCUT2D eigenvalue weighted by molar-refractivity contribution is -0.132. The fourth-order valence-electron chi connectivity index (χ4n) is 5.03. The number of hydrogen-bond donors (Lipinski definition) is 2. The van der Waals surface area contributed by atoms with Crippen LogP contribution in [0.15, 0.2) is 30.5 Å². The number of anilines is 1. The van der Waals surface area contributed by atoms with Crippen LogP contribution in [0.2, 0.25) is 0 Å². The summed E-state index contributed by atoms with van der Waals surface area (Å²) in [5.41, 5.74) is 4.31. The Morgan fingerprint density at radius 3 is 2.82 bits per heavy atom. The van der Waals surface area contributed by atoms with Gasteiger partial charge in [0.25, 0.3) is 0 Å². The number of nitrogens with one attached hydrogen (secondary N) is 2. The average Bonchev–Trinajstić information content (AvgIpc) is 3.49. The molecule has 8 nitrogen and oxygen atoms in total. The maximum absolute atomic E-state index is 13.0. The van der Waals surface area contributed by atoms with Crippen molar-refractivity contribution in [2.45, 2.75) is 45.1 Å². The molecule has 2 aliphatic heterocycles. The van der Waals surface area contributed by atoms with Crippen molar-refractivity contribution >= 4 is 28.5 Å². The molecule has 172 valence electrons. The number of aromatic amines is 1. The number of aromatic nitrogens is 3. The van der Waals surface area contributed by atoms with Crippen molar-refractivity contribution in [1.82, 2.24) is 24.8 Å². The van der Waals surface area contributed by atoms with Crippen molar-refractivity contribution in [3.63, 3.8) is 0 Å². The van der Waals surface area contributed by atoms with Gasteiger partial charge in [0, 0.05) is 75.0 Å². The number of likely N-dealkylation sites (tertiary alicyclic amines) is 1. The molecule has 0 saturated carbocycles. The number of benzene rings is 1. The molecule has 2 aliphatic rings. The summed E-state index contributed by atoms with van der Waals surface area (Å²) >= 11 is 0. The number of para-hydroxylation sites is 1. The van der Waals surface area contributed by atoms with Crippen LogP contribution in [0.25, 0.3) is 10.9 Å². The van der Waals surface area contributed by atoms with E-state index in [0.29, 0.717) is 26.1 Å². The second-order valence-corrected chi connectivity index (χ2v) is 8.98. The minimum absolute atomic E-state index is 0.103. The predicted molar refractivity (Wildman–Crippen MR) is 127 cm³/mol. The maximum atomic E-state index is 13.0. The highest BCUT2D eigenvalue weighted by Crippen LogP contribution is 2.30. The second-order valence-electron chi connectivity index (χ2n) is 8.98.